The first-order chi connectivity index (χ1) is 7.70. The lowest BCUT2D eigenvalue weighted by Crippen LogP contribution is -1.88. The maximum atomic E-state index is 13.6. The highest BCUT2D eigenvalue weighted by Gasteiger charge is 2.08. The summed E-state index contributed by atoms with van der Waals surface area (Å²) < 4.78 is 18.9. The summed E-state index contributed by atoms with van der Waals surface area (Å²) in [5, 5.41) is 0.506. The summed E-state index contributed by atoms with van der Waals surface area (Å²) in [6, 6.07) is 8.25. The molecule has 0 spiro atoms. The zero-order chi connectivity index (χ0) is 11.5. The molecule has 0 saturated heterocycles. The van der Waals surface area contributed by atoms with Crippen LogP contribution in [0.3, 0.4) is 0 Å². The molecule has 0 amide bonds. The number of thiophene rings is 1. The van der Waals surface area contributed by atoms with Crippen molar-refractivity contribution < 1.29 is 13.9 Å². The van der Waals surface area contributed by atoms with Crippen LogP contribution in [0.15, 0.2) is 30.3 Å². The molecule has 1 heterocycles. The Morgan fingerprint density at radius 3 is 2.81 bits per heavy atom. The second kappa shape index (κ2) is 4.45. The van der Waals surface area contributed by atoms with Crippen LogP contribution < -0.4 is 4.74 Å². The number of benzene rings is 1. The first kappa shape index (κ1) is 10.8. The quantitative estimate of drug-likeness (QED) is 0.758. The van der Waals surface area contributed by atoms with E-state index in [1.54, 1.807) is 37.3 Å². The average molecular weight is 236 g/mol. The number of carbonyl (C=O) groups excluding carboxylic acids is 1. The van der Waals surface area contributed by atoms with Gasteiger partial charge in [0.2, 0.25) is 0 Å². The third-order valence-corrected chi connectivity index (χ3v) is 2.97. The Morgan fingerprint density at radius 1 is 1.31 bits per heavy atom. The largest absolute Gasteiger partial charge is 0.444 e. The number of aldehydes is 1. The van der Waals surface area contributed by atoms with Crippen LogP contribution in [-0.2, 0) is 0 Å². The molecule has 0 aliphatic rings. The zero-order valence-corrected chi connectivity index (χ0v) is 9.38. The molecule has 2 nitrogen and oxygen atoms in total. The molecule has 1 aromatic heterocycles. The van der Waals surface area contributed by atoms with E-state index in [1.165, 1.54) is 11.3 Å². The SMILES string of the molecule is Cc1cccc(Oc2ccc(C=O)s2)c1F. The van der Waals surface area contributed by atoms with Gasteiger partial charge in [-0.1, -0.05) is 23.5 Å². The van der Waals surface area contributed by atoms with Crippen LogP contribution in [0.2, 0.25) is 0 Å². The first-order valence-corrected chi connectivity index (χ1v) is 5.50. The van der Waals surface area contributed by atoms with Gasteiger partial charge < -0.3 is 4.74 Å². The fraction of sp³-hybridized carbons (Fsp3) is 0.0833. The molecule has 0 bridgehead atoms. The van der Waals surface area contributed by atoms with Gasteiger partial charge in [0, 0.05) is 0 Å². The molecule has 16 heavy (non-hydrogen) atoms. The molecule has 0 aliphatic heterocycles. The van der Waals surface area contributed by atoms with E-state index in [0.717, 1.165) is 6.29 Å². The molecule has 0 atom stereocenters. The van der Waals surface area contributed by atoms with Crippen molar-refractivity contribution >= 4 is 17.6 Å². The van der Waals surface area contributed by atoms with Crippen LogP contribution in [0, 0.1) is 12.7 Å². The Hall–Kier alpha value is -1.68. The average Bonchev–Trinajstić information content (AvgIpc) is 2.73. The fourth-order valence-corrected chi connectivity index (χ4v) is 1.94. The third kappa shape index (κ3) is 2.12. The highest BCUT2D eigenvalue weighted by molar-refractivity contribution is 7.15. The van der Waals surface area contributed by atoms with Crippen LogP contribution in [0.4, 0.5) is 4.39 Å². The van der Waals surface area contributed by atoms with Gasteiger partial charge in [-0.15, -0.1) is 0 Å². The van der Waals surface area contributed by atoms with Gasteiger partial charge in [0.25, 0.3) is 0 Å². The lowest BCUT2D eigenvalue weighted by Gasteiger charge is -2.05. The normalized spacial score (nSPS) is 10.1. The predicted octanol–water partition coefficient (Wildman–Crippen LogP) is 3.80. The van der Waals surface area contributed by atoms with Crippen molar-refractivity contribution in [1.29, 1.82) is 0 Å². The van der Waals surface area contributed by atoms with Crippen molar-refractivity contribution in [2.45, 2.75) is 6.92 Å². The van der Waals surface area contributed by atoms with Crippen LogP contribution in [-0.4, -0.2) is 6.29 Å². The Morgan fingerprint density at radius 2 is 2.12 bits per heavy atom. The molecule has 2 aromatic rings. The highest BCUT2D eigenvalue weighted by atomic mass is 32.1. The van der Waals surface area contributed by atoms with Gasteiger partial charge in [-0.05, 0) is 30.7 Å². The lowest BCUT2D eigenvalue weighted by atomic mass is 10.2. The second-order valence-corrected chi connectivity index (χ2v) is 4.34. The van der Waals surface area contributed by atoms with Crippen molar-refractivity contribution in [3.8, 4) is 10.8 Å². The van der Waals surface area contributed by atoms with Gasteiger partial charge in [0.05, 0.1) is 4.88 Å². The number of ether oxygens (including phenoxy) is 1. The molecule has 0 aliphatic carbocycles. The van der Waals surface area contributed by atoms with Crippen molar-refractivity contribution in [3.63, 3.8) is 0 Å². The van der Waals surface area contributed by atoms with Gasteiger partial charge in [0.15, 0.2) is 22.9 Å². The van der Waals surface area contributed by atoms with Gasteiger partial charge in [-0.3, -0.25) is 4.79 Å². The zero-order valence-electron chi connectivity index (χ0n) is 8.57. The minimum atomic E-state index is -0.372. The number of rotatable bonds is 3. The standard InChI is InChI=1S/C12H9FO2S/c1-8-3-2-4-10(12(8)13)15-11-6-5-9(7-14)16-11/h2-7H,1H3. The minimum Gasteiger partial charge on any atom is -0.444 e. The number of aryl methyl sites for hydroxylation is 1. The molecule has 82 valence electrons. The summed E-state index contributed by atoms with van der Waals surface area (Å²) in [7, 11) is 0. The Bertz CT molecular complexity index is 519. The van der Waals surface area contributed by atoms with Gasteiger partial charge in [0.1, 0.15) is 0 Å². The molecule has 0 N–H and O–H groups in total. The number of carbonyl (C=O) groups is 1. The van der Waals surface area contributed by atoms with Crippen molar-refractivity contribution in [2.24, 2.45) is 0 Å². The molecule has 0 unspecified atom stereocenters. The fourth-order valence-electron chi connectivity index (χ4n) is 1.26. The highest BCUT2D eigenvalue weighted by Crippen LogP contribution is 2.30. The predicted molar refractivity (Wildman–Crippen MR) is 60.9 cm³/mol. The van der Waals surface area contributed by atoms with E-state index >= 15 is 0 Å². The summed E-state index contributed by atoms with van der Waals surface area (Å²) in [4.78, 5) is 11.0. The molecular formula is C12H9FO2S. The molecule has 1 aromatic carbocycles. The molecular weight excluding hydrogens is 227 g/mol. The van der Waals surface area contributed by atoms with E-state index in [2.05, 4.69) is 0 Å². The molecule has 4 heteroatoms. The van der Waals surface area contributed by atoms with Crippen LogP contribution in [0.1, 0.15) is 15.2 Å². The smallest absolute Gasteiger partial charge is 0.181 e. The van der Waals surface area contributed by atoms with E-state index in [-0.39, 0.29) is 11.6 Å². The molecule has 0 fully saturated rings. The van der Waals surface area contributed by atoms with E-state index in [1.807, 2.05) is 0 Å². The van der Waals surface area contributed by atoms with Crippen LogP contribution in [0.25, 0.3) is 0 Å². The summed E-state index contributed by atoms with van der Waals surface area (Å²) in [5.41, 5.74) is 0.532. The third-order valence-electron chi connectivity index (χ3n) is 2.09. The second-order valence-electron chi connectivity index (χ2n) is 3.26. The van der Waals surface area contributed by atoms with Gasteiger partial charge in [-0.25, -0.2) is 4.39 Å². The maximum absolute atomic E-state index is 13.6. The molecule has 0 radical (unpaired) electrons. The van der Waals surface area contributed by atoms with Gasteiger partial charge >= 0.3 is 0 Å². The van der Waals surface area contributed by atoms with E-state index in [9.17, 15) is 9.18 Å². The topological polar surface area (TPSA) is 26.3 Å². The van der Waals surface area contributed by atoms with Gasteiger partial charge in [-0.2, -0.15) is 0 Å². The minimum absolute atomic E-state index is 0.180. The lowest BCUT2D eigenvalue weighted by molar-refractivity contribution is 0.112. The van der Waals surface area contributed by atoms with E-state index in [4.69, 9.17) is 4.74 Å². The number of hydrogen-bond donors (Lipinski definition) is 0. The van der Waals surface area contributed by atoms with Crippen molar-refractivity contribution in [3.05, 3.63) is 46.6 Å². The molecule has 2 rings (SSSR count). The number of hydrogen-bond acceptors (Lipinski definition) is 3. The Kier molecular flexibility index (Phi) is 3.01. The van der Waals surface area contributed by atoms with Crippen LogP contribution in [0.5, 0.6) is 10.8 Å². The maximum Gasteiger partial charge on any atom is 0.181 e. The van der Waals surface area contributed by atoms with E-state index in [0.29, 0.717) is 15.5 Å². The Labute approximate surface area is 96.3 Å². The molecule has 0 saturated carbocycles. The number of halogens is 1. The van der Waals surface area contributed by atoms with Crippen molar-refractivity contribution in [1.82, 2.24) is 0 Å². The summed E-state index contributed by atoms with van der Waals surface area (Å²) in [6.07, 6.45) is 0.740. The summed E-state index contributed by atoms with van der Waals surface area (Å²) in [6.45, 7) is 1.67. The van der Waals surface area contributed by atoms with E-state index < -0.39 is 0 Å². The first-order valence-electron chi connectivity index (χ1n) is 4.68. The summed E-state index contributed by atoms with van der Waals surface area (Å²) in [5.74, 6) is -0.192. The van der Waals surface area contributed by atoms with Crippen LogP contribution >= 0.6 is 11.3 Å². The van der Waals surface area contributed by atoms with Crippen molar-refractivity contribution in [2.75, 3.05) is 0 Å². The Balaban J connectivity index is 2.26. The summed E-state index contributed by atoms with van der Waals surface area (Å²) >= 11 is 1.19. The monoisotopic (exact) mass is 236 g/mol.